The molecular weight excluding hydrogens is 432 g/mol. The Morgan fingerprint density at radius 2 is 1.76 bits per heavy atom. The lowest BCUT2D eigenvalue weighted by Gasteiger charge is -2.37. The Morgan fingerprint density at radius 1 is 1.09 bits per heavy atom. The van der Waals surface area contributed by atoms with Crippen molar-refractivity contribution >= 4 is 6.09 Å². The highest BCUT2D eigenvalue weighted by atomic mass is 16.7. The molecule has 2 N–H and O–H groups in total. The molecule has 3 rings (SSSR count). The molecule has 2 aromatic rings. The zero-order valence-corrected chi connectivity index (χ0v) is 19.7. The van der Waals surface area contributed by atoms with Gasteiger partial charge in [0.15, 0.2) is 6.29 Å². The molecule has 2 aromatic carbocycles. The SMILES string of the molecule is C=CCOC(=O)NCc1ccc([C@H]2O[C@@H](CN(C)CC=C)C[C@@H](c3ccc(CO)cc3)O2)cc1. The van der Waals surface area contributed by atoms with Gasteiger partial charge in [-0.3, -0.25) is 0 Å². The average molecular weight is 467 g/mol. The molecule has 1 heterocycles. The lowest BCUT2D eigenvalue weighted by molar-refractivity contribution is -0.252. The Bertz CT molecular complexity index is 929. The van der Waals surface area contributed by atoms with Crippen LogP contribution in [0.25, 0.3) is 0 Å². The Hall–Kier alpha value is -2.97. The fraction of sp³-hybridized carbons (Fsp3) is 0.370. The number of ether oxygens (including phenoxy) is 3. The van der Waals surface area contributed by atoms with E-state index in [9.17, 15) is 9.90 Å². The van der Waals surface area contributed by atoms with Crippen LogP contribution in [0.2, 0.25) is 0 Å². The van der Waals surface area contributed by atoms with Crippen molar-refractivity contribution in [3.05, 3.63) is 96.1 Å². The van der Waals surface area contributed by atoms with E-state index in [1.165, 1.54) is 6.08 Å². The topological polar surface area (TPSA) is 80.3 Å². The second-order valence-corrected chi connectivity index (χ2v) is 8.34. The van der Waals surface area contributed by atoms with Crippen LogP contribution in [0, 0.1) is 0 Å². The lowest BCUT2D eigenvalue weighted by atomic mass is 9.99. The first-order chi connectivity index (χ1) is 16.5. The van der Waals surface area contributed by atoms with Gasteiger partial charge in [-0.05, 0) is 23.7 Å². The van der Waals surface area contributed by atoms with Crippen LogP contribution in [-0.4, -0.2) is 48.9 Å². The molecule has 0 spiro atoms. The molecule has 1 aliphatic heterocycles. The van der Waals surface area contributed by atoms with Gasteiger partial charge in [-0.15, -0.1) is 6.58 Å². The van der Waals surface area contributed by atoms with Crippen molar-refractivity contribution in [3.8, 4) is 0 Å². The third kappa shape index (κ3) is 7.53. The number of benzene rings is 2. The zero-order chi connectivity index (χ0) is 24.3. The molecular formula is C27H34N2O5. The molecule has 182 valence electrons. The molecule has 1 amide bonds. The van der Waals surface area contributed by atoms with Crippen LogP contribution in [0.1, 0.15) is 41.1 Å². The van der Waals surface area contributed by atoms with Gasteiger partial charge in [0.1, 0.15) is 6.61 Å². The maximum absolute atomic E-state index is 11.6. The molecule has 1 aliphatic rings. The van der Waals surface area contributed by atoms with E-state index in [4.69, 9.17) is 14.2 Å². The van der Waals surface area contributed by atoms with Crippen LogP contribution in [-0.2, 0) is 27.4 Å². The molecule has 7 nitrogen and oxygen atoms in total. The van der Waals surface area contributed by atoms with Gasteiger partial charge in [0.25, 0.3) is 0 Å². The summed E-state index contributed by atoms with van der Waals surface area (Å²) < 4.78 is 17.6. The minimum absolute atomic E-state index is 0.0136. The van der Waals surface area contributed by atoms with Crippen molar-refractivity contribution in [3.63, 3.8) is 0 Å². The fourth-order valence-corrected chi connectivity index (χ4v) is 3.83. The van der Waals surface area contributed by atoms with Crippen molar-refractivity contribution in [2.24, 2.45) is 0 Å². The molecule has 0 bridgehead atoms. The summed E-state index contributed by atoms with van der Waals surface area (Å²) in [7, 11) is 2.04. The Labute approximate surface area is 201 Å². The monoisotopic (exact) mass is 466 g/mol. The summed E-state index contributed by atoms with van der Waals surface area (Å²) in [6.45, 7) is 9.42. The van der Waals surface area contributed by atoms with Crippen LogP contribution in [0.5, 0.6) is 0 Å². The van der Waals surface area contributed by atoms with E-state index in [0.29, 0.717) is 6.54 Å². The molecule has 1 fully saturated rings. The van der Waals surface area contributed by atoms with E-state index < -0.39 is 12.4 Å². The largest absolute Gasteiger partial charge is 0.445 e. The summed E-state index contributed by atoms with van der Waals surface area (Å²) in [5.41, 5.74) is 3.77. The fourth-order valence-electron chi connectivity index (χ4n) is 3.83. The molecule has 0 aromatic heterocycles. The standard InChI is InChI=1S/C27H34N2O5/c1-4-14-29(3)18-24-16-25(22-10-8-21(19-30)9-11-22)34-26(33-24)23-12-6-20(7-13-23)17-28-27(31)32-15-5-2/h4-13,24-26,30H,1-2,14-19H2,3H3,(H,28,31)/t24-,25+,26+/m1/s1. The summed E-state index contributed by atoms with van der Waals surface area (Å²) >= 11 is 0. The Kier molecular flexibility index (Phi) is 9.85. The highest BCUT2D eigenvalue weighted by Gasteiger charge is 2.32. The predicted molar refractivity (Wildman–Crippen MR) is 131 cm³/mol. The van der Waals surface area contributed by atoms with Crippen molar-refractivity contribution in [2.45, 2.75) is 38.1 Å². The minimum atomic E-state index is -0.516. The number of rotatable bonds is 11. The summed E-state index contributed by atoms with van der Waals surface area (Å²) in [5, 5.41) is 12.1. The molecule has 0 saturated carbocycles. The zero-order valence-electron chi connectivity index (χ0n) is 19.7. The van der Waals surface area contributed by atoms with Gasteiger partial charge >= 0.3 is 6.09 Å². The molecule has 34 heavy (non-hydrogen) atoms. The summed E-state index contributed by atoms with van der Waals surface area (Å²) in [6, 6.07) is 15.6. The molecule has 3 atom stereocenters. The van der Waals surface area contributed by atoms with Crippen molar-refractivity contribution < 1.29 is 24.1 Å². The minimum Gasteiger partial charge on any atom is -0.445 e. The number of hydrogen-bond acceptors (Lipinski definition) is 6. The van der Waals surface area contributed by atoms with Crippen molar-refractivity contribution in [1.82, 2.24) is 10.2 Å². The predicted octanol–water partition coefficient (Wildman–Crippen LogP) is 4.25. The second kappa shape index (κ2) is 13.1. The first kappa shape index (κ1) is 25.6. The first-order valence-electron chi connectivity index (χ1n) is 11.4. The molecule has 0 radical (unpaired) electrons. The van der Waals surface area contributed by atoms with Crippen LogP contribution >= 0.6 is 0 Å². The number of aliphatic hydroxyl groups excluding tert-OH is 1. The van der Waals surface area contributed by atoms with E-state index in [2.05, 4.69) is 23.4 Å². The maximum atomic E-state index is 11.6. The van der Waals surface area contributed by atoms with E-state index in [1.807, 2.05) is 61.7 Å². The van der Waals surface area contributed by atoms with Gasteiger partial charge in [-0.2, -0.15) is 0 Å². The number of likely N-dealkylation sites (N-methyl/N-ethyl adjacent to an activating group) is 1. The number of alkyl carbamates (subject to hydrolysis) is 1. The smallest absolute Gasteiger partial charge is 0.407 e. The molecule has 7 heteroatoms. The van der Waals surface area contributed by atoms with Gasteiger partial charge in [0.2, 0.25) is 0 Å². The Balaban J connectivity index is 1.70. The van der Waals surface area contributed by atoms with Gasteiger partial charge in [-0.1, -0.05) is 67.3 Å². The number of carbonyl (C=O) groups excluding carboxylic acids is 1. The van der Waals surface area contributed by atoms with E-state index in [0.717, 1.165) is 41.8 Å². The summed E-state index contributed by atoms with van der Waals surface area (Å²) in [4.78, 5) is 13.8. The van der Waals surface area contributed by atoms with Crippen molar-refractivity contribution in [2.75, 3.05) is 26.7 Å². The number of nitrogens with zero attached hydrogens (tertiary/aromatic N) is 1. The summed E-state index contributed by atoms with van der Waals surface area (Å²) in [5.74, 6) is 0. The van der Waals surface area contributed by atoms with Crippen LogP contribution in [0.4, 0.5) is 4.79 Å². The number of carbonyl (C=O) groups is 1. The number of nitrogens with one attached hydrogen (secondary N) is 1. The highest BCUT2D eigenvalue weighted by molar-refractivity contribution is 5.67. The molecule has 0 aliphatic carbocycles. The molecule has 1 saturated heterocycles. The van der Waals surface area contributed by atoms with Crippen LogP contribution in [0.15, 0.2) is 73.8 Å². The molecule has 0 unspecified atom stereocenters. The lowest BCUT2D eigenvalue weighted by Crippen LogP contribution is -2.37. The van der Waals surface area contributed by atoms with Crippen LogP contribution in [0.3, 0.4) is 0 Å². The number of amides is 1. The maximum Gasteiger partial charge on any atom is 0.407 e. The van der Waals surface area contributed by atoms with E-state index in [1.54, 1.807) is 0 Å². The number of aliphatic hydroxyl groups is 1. The quantitative estimate of drug-likeness (QED) is 0.482. The van der Waals surface area contributed by atoms with Crippen LogP contribution < -0.4 is 5.32 Å². The third-order valence-corrected chi connectivity index (χ3v) is 5.59. The highest BCUT2D eigenvalue weighted by Crippen LogP contribution is 2.38. The first-order valence-corrected chi connectivity index (χ1v) is 11.4. The average Bonchev–Trinajstić information content (AvgIpc) is 2.86. The van der Waals surface area contributed by atoms with Gasteiger partial charge in [0.05, 0.1) is 18.8 Å². The van der Waals surface area contributed by atoms with Crippen molar-refractivity contribution in [1.29, 1.82) is 0 Å². The number of hydrogen-bond donors (Lipinski definition) is 2. The summed E-state index contributed by atoms with van der Waals surface area (Å²) in [6.07, 6.45) is 2.98. The van der Waals surface area contributed by atoms with E-state index in [-0.39, 0.29) is 25.4 Å². The normalized spacial score (nSPS) is 20.0. The van der Waals surface area contributed by atoms with Gasteiger partial charge in [0, 0.05) is 31.6 Å². The second-order valence-electron chi connectivity index (χ2n) is 8.34. The van der Waals surface area contributed by atoms with Gasteiger partial charge in [-0.25, -0.2) is 4.79 Å². The Morgan fingerprint density at radius 3 is 2.41 bits per heavy atom. The van der Waals surface area contributed by atoms with Gasteiger partial charge < -0.3 is 29.5 Å². The van der Waals surface area contributed by atoms with E-state index >= 15 is 0 Å². The third-order valence-electron chi connectivity index (χ3n) is 5.59.